The Hall–Kier alpha value is -2.35. The first-order chi connectivity index (χ1) is 8.88. The lowest BCUT2D eigenvalue weighted by atomic mass is 9.95. The zero-order valence-electron chi connectivity index (χ0n) is 9.80. The third-order valence-electron chi connectivity index (χ3n) is 3.06. The number of carbonyl (C=O) groups is 1. The average molecular weight is 236 g/mol. The van der Waals surface area contributed by atoms with E-state index in [-0.39, 0.29) is 0 Å². The van der Waals surface area contributed by atoms with Gasteiger partial charge in [0.1, 0.15) is 18.6 Å². The predicted molar refractivity (Wildman–Crippen MR) is 70.8 cm³/mol. The topological polar surface area (TPSA) is 26.3 Å². The van der Waals surface area contributed by atoms with Crippen LogP contribution in [0.15, 0.2) is 54.6 Å². The van der Waals surface area contributed by atoms with Crippen molar-refractivity contribution in [2.45, 2.75) is 0 Å². The molecule has 0 unspecified atom stereocenters. The Kier molecular flexibility index (Phi) is 2.69. The minimum atomic E-state index is 0.585. The fourth-order valence-electron chi connectivity index (χ4n) is 2.15. The van der Waals surface area contributed by atoms with Gasteiger partial charge in [-0.3, -0.25) is 4.79 Å². The lowest BCUT2D eigenvalue weighted by molar-refractivity contribution is 0.112. The highest BCUT2D eigenvalue weighted by Gasteiger charge is 2.14. The van der Waals surface area contributed by atoms with Crippen LogP contribution in [0.25, 0.3) is 5.57 Å². The van der Waals surface area contributed by atoms with Crippen molar-refractivity contribution >= 4 is 11.9 Å². The van der Waals surface area contributed by atoms with Gasteiger partial charge in [-0.2, -0.15) is 0 Å². The molecule has 2 nitrogen and oxygen atoms in total. The molecule has 0 aromatic heterocycles. The summed E-state index contributed by atoms with van der Waals surface area (Å²) < 4.78 is 5.59. The number of benzene rings is 2. The van der Waals surface area contributed by atoms with E-state index < -0.39 is 0 Å². The maximum absolute atomic E-state index is 10.7. The minimum absolute atomic E-state index is 0.585. The van der Waals surface area contributed by atoms with E-state index in [9.17, 15) is 4.79 Å². The molecule has 88 valence electrons. The van der Waals surface area contributed by atoms with Crippen molar-refractivity contribution in [3.05, 3.63) is 71.3 Å². The standard InChI is InChI=1S/C16H12O2/c17-11-12-5-7-13(8-6-12)14-9-10-18-16-4-2-1-3-15(14)16/h1-9,11H,10H2. The predicted octanol–water partition coefficient (Wildman–Crippen LogP) is 3.32. The highest BCUT2D eigenvalue weighted by Crippen LogP contribution is 2.33. The molecule has 0 spiro atoms. The molecule has 1 aliphatic rings. The third kappa shape index (κ3) is 1.82. The highest BCUT2D eigenvalue weighted by molar-refractivity contribution is 5.85. The number of rotatable bonds is 2. The van der Waals surface area contributed by atoms with Crippen molar-refractivity contribution < 1.29 is 9.53 Å². The molecule has 2 aromatic rings. The van der Waals surface area contributed by atoms with Crippen molar-refractivity contribution in [2.24, 2.45) is 0 Å². The Labute approximate surface area is 106 Å². The van der Waals surface area contributed by atoms with Crippen LogP contribution < -0.4 is 4.74 Å². The van der Waals surface area contributed by atoms with Crippen molar-refractivity contribution in [1.82, 2.24) is 0 Å². The van der Waals surface area contributed by atoms with E-state index in [4.69, 9.17) is 4.74 Å². The molecule has 0 radical (unpaired) electrons. The lowest BCUT2D eigenvalue weighted by Gasteiger charge is -2.18. The second-order valence-electron chi connectivity index (χ2n) is 4.16. The molecule has 0 fully saturated rings. The molecule has 0 saturated carbocycles. The summed E-state index contributed by atoms with van der Waals surface area (Å²) in [5, 5.41) is 0. The minimum Gasteiger partial charge on any atom is -0.489 e. The fourth-order valence-corrected chi connectivity index (χ4v) is 2.15. The summed E-state index contributed by atoms with van der Waals surface area (Å²) in [6.07, 6.45) is 2.92. The van der Waals surface area contributed by atoms with Crippen LogP contribution in [0.2, 0.25) is 0 Å². The quantitative estimate of drug-likeness (QED) is 0.748. The van der Waals surface area contributed by atoms with E-state index in [0.717, 1.165) is 28.7 Å². The largest absolute Gasteiger partial charge is 0.489 e. The second-order valence-corrected chi connectivity index (χ2v) is 4.16. The zero-order chi connectivity index (χ0) is 12.4. The average Bonchev–Trinajstić information content (AvgIpc) is 2.47. The van der Waals surface area contributed by atoms with Crippen LogP contribution in [-0.2, 0) is 0 Å². The summed E-state index contributed by atoms with van der Waals surface area (Å²) in [5.74, 6) is 0.912. The summed E-state index contributed by atoms with van der Waals surface area (Å²) in [7, 11) is 0. The van der Waals surface area contributed by atoms with Gasteiger partial charge in [0.05, 0.1) is 0 Å². The van der Waals surface area contributed by atoms with Crippen molar-refractivity contribution in [3.8, 4) is 5.75 Å². The number of carbonyl (C=O) groups excluding carboxylic acids is 1. The molecule has 2 heteroatoms. The van der Waals surface area contributed by atoms with Gasteiger partial charge in [-0.1, -0.05) is 42.5 Å². The van der Waals surface area contributed by atoms with E-state index in [1.165, 1.54) is 0 Å². The first kappa shape index (κ1) is 10.8. The molecule has 0 N–H and O–H groups in total. The Morgan fingerprint density at radius 1 is 1.00 bits per heavy atom. The normalized spacial score (nSPS) is 13.2. The Morgan fingerprint density at radius 2 is 1.78 bits per heavy atom. The van der Waals surface area contributed by atoms with Crippen molar-refractivity contribution in [3.63, 3.8) is 0 Å². The van der Waals surface area contributed by atoms with Gasteiger partial charge >= 0.3 is 0 Å². The van der Waals surface area contributed by atoms with Gasteiger partial charge in [0.2, 0.25) is 0 Å². The fraction of sp³-hybridized carbons (Fsp3) is 0.0625. The van der Waals surface area contributed by atoms with E-state index in [0.29, 0.717) is 12.2 Å². The van der Waals surface area contributed by atoms with E-state index in [2.05, 4.69) is 6.08 Å². The van der Waals surface area contributed by atoms with Crippen molar-refractivity contribution in [1.29, 1.82) is 0 Å². The van der Waals surface area contributed by atoms with Gasteiger partial charge in [0, 0.05) is 11.1 Å². The van der Waals surface area contributed by atoms with Gasteiger partial charge in [-0.15, -0.1) is 0 Å². The van der Waals surface area contributed by atoms with Gasteiger partial charge in [-0.05, 0) is 23.3 Å². The molecule has 3 rings (SSSR count). The van der Waals surface area contributed by atoms with Crippen LogP contribution in [0.5, 0.6) is 5.75 Å². The number of aldehydes is 1. The number of hydrogen-bond acceptors (Lipinski definition) is 2. The van der Waals surface area contributed by atoms with Crippen LogP contribution in [0.3, 0.4) is 0 Å². The molecule has 0 amide bonds. The summed E-state index contributed by atoms with van der Waals surface area (Å²) >= 11 is 0. The lowest BCUT2D eigenvalue weighted by Crippen LogP contribution is -2.05. The third-order valence-corrected chi connectivity index (χ3v) is 3.06. The molecular formula is C16H12O2. The van der Waals surface area contributed by atoms with E-state index in [1.54, 1.807) is 0 Å². The van der Waals surface area contributed by atoms with Gasteiger partial charge in [0.15, 0.2) is 0 Å². The molecule has 0 atom stereocenters. The highest BCUT2D eigenvalue weighted by atomic mass is 16.5. The Morgan fingerprint density at radius 3 is 2.56 bits per heavy atom. The maximum Gasteiger partial charge on any atom is 0.150 e. The molecule has 2 aromatic carbocycles. The van der Waals surface area contributed by atoms with Gasteiger partial charge in [-0.25, -0.2) is 0 Å². The molecule has 1 aliphatic heterocycles. The first-order valence-electron chi connectivity index (χ1n) is 5.86. The SMILES string of the molecule is O=Cc1ccc(C2=CCOc3ccccc32)cc1. The molecule has 0 saturated heterocycles. The molecule has 18 heavy (non-hydrogen) atoms. The van der Waals surface area contributed by atoms with Gasteiger partial charge in [0.25, 0.3) is 0 Å². The maximum atomic E-state index is 10.7. The molecular weight excluding hydrogens is 224 g/mol. The van der Waals surface area contributed by atoms with Crippen LogP contribution in [0.1, 0.15) is 21.5 Å². The smallest absolute Gasteiger partial charge is 0.150 e. The summed E-state index contributed by atoms with van der Waals surface area (Å²) in [4.78, 5) is 10.7. The van der Waals surface area contributed by atoms with Crippen LogP contribution >= 0.6 is 0 Å². The van der Waals surface area contributed by atoms with E-state index in [1.807, 2.05) is 48.5 Å². The van der Waals surface area contributed by atoms with Gasteiger partial charge < -0.3 is 4.74 Å². The number of para-hydroxylation sites is 1. The van der Waals surface area contributed by atoms with E-state index >= 15 is 0 Å². The monoisotopic (exact) mass is 236 g/mol. The first-order valence-corrected chi connectivity index (χ1v) is 5.86. The van der Waals surface area contributed by atoms with Crippen LogP contribution in [0.4, 0.5) is 0 Å². The van der Waals surface area contributed by atoms with Crippen molar-refractivity contribution in [2.75, 3.05) is 6.61 Å². The summed E-state index contributed by atoms with van der Waals surface area (Å²) in [6.45, 7) is 0.585. The Balaban J connectivity index is 2.06. The summed E-state index contributed by atoms with van der Waals surface area (Å²) in [5.41, 5.74) is 4.06. The van der Waals surface area contributed by atoms with Crippen LogP contribution in [0, 0.1) is 0 Å². The zero-order valence-corrected chi connectivity index (χ0v) is 9.80. The second kappa shape index (κ2) is 4.49. The summed E-state index contributed by atoms with van der Waals surface area (Å²) in [6, 6.07) is 15.6. The number of hydrogen-bond donors (Lipinski definition) is 0. The molecule has 0 bridgehead atoms. The molecule has 0 aliphatic carbocycles. The number of fused-ring (bicyclic) bond motifs is 1. The number of ether oxygens (including phenoxy) is 1. The van der Waals surface area contributed by atoms with Crippen LogP contribution in [-0.4, -0.2) is 12.9 Å². The molecule has 1 heterocycles. The Bertz CT molecular complexity index is 609.